The molecule has 2 saturated heterocycles. The highest BCUT2D eigenvalue weighted by atomic mass is 32.2. The van der Waals surface area contributed by atoms with Crippen molar-refractivity contribution in [3.05, 3.63) is 0 Å². The van der Waals surface area contributed by atoms with Crippen LogP contribution in [0.5, 0.6) is 0 Å². The van der Waals surface area contributed by atoms with Crippen molar-refractivity contribution in [1.82, 2.24) is 9.80 Å². The van der Waals surface area contributed by atoms with Crippen LogP contribution in [-0.4, -0.2) is 63.6 Å². The summed E-state index contributed by atoms with van der Waals surface area (Å²) in [5, 5.41) is 9.43. The zero-order valence-electron chi connectivity index (χ0n) is 11.7. The van der Waals surface area contributed by atoms with Gasteiger partial charge in [-0.1, -0.05) is 0 Å². The number of carboxylic acids is 1. The number of aliphatic carboxylic acids is 1. The van der Waals surface area contributed by atoms with Gasteiger partial charge in [0.05, 0.1) is 5.37 Å². The summed E-state index contributed by atoms with van der Waals surface area (Å²) in [6, 6.07) is -0.614. The average Bonchev–Trinajstić information content (AvgIpc) is 2.97. The lowest BCUT2D eigenvalue weighted by atomic mass is 10.2. The molecule has 1 aliphatic carbocycles. The van der Waals surface area contributed by atoms with Gasteiger partial charge in [0.1, 0.15) is 6.04 Å². The minimum atomic E-state index is -0.852. The molecule has 2 heterocycles. The summed E-state index contributed by atoms with van der Waals surface area (Å²) in [5.41, 5.74) is 0. The summed E-state index contributed by atoms with van der Waals surface area (Å²) in [5.74, 6) is 0.257. The summed E-state index contributed by atoms with van der Waals surface area (Å²) in [4.78, 5) is 27.8. The summed E-state index contributed by atoms with van der Waals surface area (Å²) in [6.45, 7) is 2.94. The van der Waals surface area contributed by atoms with Crippen LogP contribution in [0.4, 0.5) is 0 Å². The predicted octanol–water partition coefficient (Wildman–Crippen LogP) is 1.24. The summed E-state index contributed by atoms with van der Waals surface area (Å²) < 4.78 is 0. The largest absolute Gasteiger partial charge is 0.480 e. The van der Waals surface area contributed by atoms with Crippen LogP contribution in [0.15, 0.2) is 0 Å². The van der Waals surface area contributed by atoms with E-state index in [1.54, 1.807) is 16.7 Å². The van der Waals surface area contributed by atoms with Crippen molar-refractivity contribution in [3.63, 3.8) is 0 Å². The number of thioether (sulfide) groups is 1. The van der Waals surface area contributed by atoms with E-state index in [0.717, 1.165) is 32.5 Å². The Labute approximate surface area is 123 Å². The van der Waals surface area contributed by atoms with Gasteiger partial charge in [-0.25, -0.2) is 4.79 Å². The van der Waals surface area contributed by atoms with Gasteiger partial charge in [0.25, 0.3) is 0 Å². The maximum absolute atomic E-state index is 12.5. The molecule has 2 aliphatic heterocycles. The molecular weight excluding hydrogens is 276 g/mol. The maximum atomic E-state index is 12.5. The molecular formula is C14H22N2O3S. The lowest BCUT2D eigenvalue weighted by molar-refractivity contribution is -0.149. The second kappa shape index (κ2) is 5.93. The second-order valence-corrected chi connectivity index (χ2v) is 7.16. The minimum absolute atomic E-state index is 0.0335. The maximum Gasteiger partial charge on any atom is 0.327 e. The Hall–Kier alpha value is -0.750. The molecule has 112 valence electrons. The van der Waals surface area contributed by atoms with E-state index >= 15 is 0 Å². The average molecular weight is 298 g/mol. The molecule has 1 saturated carbocycles. The summed E-state index contributed by atoms with van der Waals surface area (Å²) >= 11 is 1.65. The highest BCUT2D eigenvalue weighted by Gasteiger charge is 2.47. The van der Waals surface area contributed by atoms with Gasteiger partial charge in [0, 0.05) is 18.7 Å². The van der Waals surface area contributed by atoms with E-state index in [4.69, 9.17) is 0 Å². The highest BCUT2D eigenvalue weighted by molar-refractivity contribution is 8.00. The van der Waals surface area contributed by atoms with Crippen molar-refractivity contribution in [3.8, 4) is 0 Å². The van der Waals surface area contributed by atoms with Crippen molar-refractivity contribution in [1.29, 1.82) is 0 Å². The number of hydrogen-bond acceptors (Lipinski definition) is 4. The Balaban J connectivity index is 1.60. The smallest absolute Gasteiger partial charge is 0.327 e. The van der Waals surface area contributed by atoms with E-state index in [2.05, 4.69) is 4.90 Å². The van der Waals surface area contributed by atoms with E-state index in [1.165, 1.54) is 12.8 Å². The van der Waals surface area contributed by atoms with Crippen LogP contribution in [0.3, 0.4) is 0 Å². The van der Waals surface area contributed by atoms with Gasteiger partial charge in [-0.15, -0.1) is 11.8 Å². The number of likely N-dealkylation sites (tertiary alicyclic amines) is 1. The SMILES string of the molecule is O=C(O)C1CSC(C2CC2)N1C(=O)CCN1CCCC1. The van der Waals surface area contributed by atoms with Crippen molar-refractivity contribution < 1.29 is 14.7 Å². The van der Waals surface area contributed by atoms with Crippen LogP contribution >= 0.6 is 11.8 Å². The first-order valence-electron chi connectivity index (χ1n) is 7.55. The number of carbonyl (C=O) groups excluding carboxylic acids is 1. The molecule has 0 radical (unpaired) electrons. The van der Waals surface area contributed by atoms with Crippen molar-refractivity contribution >= 4 is 23.6 Å². The van der Waals surface area contributed by atoms with E-state index in [0.29, 0.717) is 18.1 Å². The van der Waals surface area contributed by atoms with Gasteiger partial charge in [0.2, 0.25) is 5.91 Å². The Morgan fingerprint density at radius 3 is 2.50 bits per heavy atom. The van der Waals surface area contributed by atoms with E-state index in [9.17, 15) is 14.7 Å². The van der Waals surface area contributed by atoms with Gasteiger partial charge >= 0.3 is 5.97 Å². The molecule has 2 atom stereocenters. The molecule has 2 unspecified atom stereocenters. The van der Waals surface area contributed by atoms with Gasteiger partial charge in [-0.2, -0.15) is 0 Å². The molecule has 0 aromatic carbocycles. The van der Waals surface area contributed by atoms with Crippen LogP contribution in [-0.2, 0) is 9.59 Å². The topological polar surface area (TPSA) is 60.9 Å². The Morgan fingerprint density at radius 2 is 1.90 bits per heavy atom. The van der Waals surface area contributed by atoms with Crippen molar-refractivity contribution in [2.45, 2.75) is 43.5 Å². The fourth-order valence-corrected chi connectivity index (χ4v) is 4.82. The van der Waals surface area contributed by atoms with Gasteiger partial charge < -0.3 is 14.9 Å². The molecule has 0 spiro atoms. The third-order valence-electron chi connectivity index (χ3n) is 4.47. The molecule has 3 aliphatic rings. The first-order chi connectivity index (χ1) is 9.66. The zero-order chi connectivity index (χ0) is 14.1. The molecule has 6 heteroatoms. The van der Waals surface area contributed by atoms with Gasteiger partial charge in [0.15, 0.2) is 0 Å². The first-order valence-corrected chi connectivity index (χ1v) is 8.59. The van der Waals surface area contributed by atoms with E-state index < -0.39 is 12.0 Å². The van der Waals surface area contributed by atoms with Crippen LogP contribution in [0.1, 0.15) is 32.1 Å². The predicted molar refractivity (Wildman–Crippen MR) is 77.5 cm³/mol. The molecule has 20 heavy (non-hydrogen) atoms. The first kappa shape index (κ1) is 14.2. The van der Waals surface area contributed by atoms with Crippen LogP contribution in [0, 0.1) is 5.92 Å². The quantitative estimate of drug-likeness (QED) is 0.827. The zero-order valence-corrected chi connectivity index (χ0v) is 12.5. The fraction of sp³-hybridized carbons (Fsp3) is 0.857. The van der Waals surface area contributed by atoms with Gasteiger partial charge in [-0.05, 0) is 44.7 Å². The Morgan fingerprint density at radius 1 is 1.20 bits per heavy atom. The molecule has 0 aromatic rings. The van der Waals surface area contributed by atoms with Crippen molar-refractivity contribution in [2.24, 2.45) is 5.92 Å². The van der Waals surface area contributed by atoms with Crippen LogP contribution < -0.4 is 0 Å². The van der Waals surface area contributed by atoms with E-state index in [-0.39, 0.29) is 11.3 Å². The van der Waals surface area contributed by atoms with Crippen LogP contribution in [0.2, 0.25) is 0 Å². The van der Waals surface area contributed by atoms with E-state index in [1.807, 2.05) is 0 Å². The highest BCUT2D eigenvalue weighted by Crippen LogP contribution is 2.45. The monoisotopic (exact) mass is 298 g/mol. The molecule has 0 bridgehead atoms. The van der Waals surface area contributed by atoms with Crippen molar-refractivity contribution in [2.75, 3.05) is 25.4 Å². The number of amides is 1. The molecule has 0 aromatic heterocycles. The summed E-state index contributed by atoms with van der Waals surface area (Å²) in [6.07, 6.45) is 5.18. The Bertz CT molecular complexity index is 394. The summed E-state index contributed by atoms with van der Waals surface area (Å²) in [7, 11) is 0. The van der Waals surface area contributed by atoms with Crippen LogP contribution in [0.25, 0.3) is 0 Å². The standard InChI is InChI=1S/C14H22N2O3S/c17-12(5-8-15-6-1-2-7-15)16-11(14(18)19)9-20-13(16)10-3-4-10/h10-11,13H,1-9H2,(H,18,19). The third-order valence-corrected chi connectivity index (χ3v) is 5.94. The molecule has 3 fully saturated rings. The molecule has 1 amide bonds. The molecule has 5 nitrogen and oxygen atoms in total. The molecule has 3 rings (SSSR count). The fourth-order valence-electron chi connectivity index (χ4n) is 3.17. The molecule has 1 N–H and O–H groups in total. The van der Waals surface area contributed by atoms with Gasteiger partial charge in [-0.3, -0.25) is 4.79 Å². The second-order valence-electron chi connectivity index (χ2n) is 6.02. The lowest BCUT2D eigenvalue weighted by Gasteiger charge is -2.28. The number of hydrogen-bond donors (Lipinski definition) is 1. The number of rotatable bonds is 5. The minimum Gasteiger partial charge on any atom is -0.480 e. The number of carboxylic acid groups (broad SMARTS) is 1. The normalized spacial score (nSPS) is 30.9. The Kier molecular flexibility index (Phi) is 4.21. The third kappa shape index (κ3) is 2.96. The number of carbonyl (C=O) groups is 2. The number of nitrogens with zero attached hydrogens (tertiary/aromatic N) is 2. The lowest BCUT2D eigenvalue weighted by Crippen LogP contribution is -2.47.